The highest BCUT2D eigenvalue weighted by Crippen LogP contribution is 2.13. The molecule has 0 aliphatic heterocycles. The summed E-state index contributed by atoms with van der Waals surface area (Å²) in [6.45, 7) is 1.85. The van der Waals surface area contributed by atoms with E-state index in [2.05, 4.69) is 5.10 Å². The van der Waals surface area contributed by atoms with Crippen LogP contribution in [0.2, 0.25) is 5.02 Å². The molecule has 6 heteroatoms. The summed E-state index contributed by atoms with van der Waals surface area (Å²) < 4.78 is 1.42. The van der Waals surface area contributed by atoms with Gasteiger partial charge in [0.2, 0.25) is 0 Å². The van der Waals surface area contributed by atoms with Crippen LogP contribution < -0.4 is 0 Å². The second-order valence-corrected chi connectivity index (χ2v) is 3.52. The van der Waals surface area contributed by atoms with Crippen molar-refractivity contribution in [3.05, 3.63) is 16.9 Å². The van der Waals surface area contributed by atoms with Gasteiger partial charge in [-0.1, -0.05) is 11.6 Å². The zero-order valence-electron chi connectivity index (χ0n) is 6.87. The Balaban J connectivity index is 2.69. The van der Waals surface area contributed by atoms with Crippen molar-refractivity contribution in [1.29, 1.82) is 0 Å². The SMILES string of the molecule is Cc1nn(CC(Cl)C(=O)O)cc1Cl. The molecule has 1 rings (SSSR count). The average Bonchev–Trinajstić information content (AvgIpc) is 2.31. The lowest BCUT2D eigenvalue weighted by Crippen LogP contribution is -2.20. The molecule has 4 nitrogen and oxygen atoms in total. The first-order valence-electron chi connectivity index (χ1n) is 3.57. The van der Waals surface area contributed by atoms with E-state index in [-0.39, 0.29) is 6.54 Å². The van der Waals surface area contributed by atoms with Crippen molar-refractivity contribution in [2.75, 3.05) is 0 Å². The molecule has 72 valence electrons. The van der Waals surface area contributed by atoms with Gasteiger partial charge in [0, 0.05) is 6.20 Å². The number of carbonyl (C=O) groups is 1. The van der Waals surface area contributed by atoms with Crippen LogP contribution in [-0.4, -0.2) is 26.2 Å². The lowest BCUT2D eigenvalue weighted by Gasteiger charge is -2.02. The number of aliphatic carboxylic acids is 1. The minimum atomic E-state index is -1.06. The lowest BCUT2D eigenvalue weighted by atomic mass is 10.4. The highest BCUT2D eigenvalue weighted by molar-refractivity contribution is 6.31. The average molecular weight is 223 g/mol. The highest BCUT2D eigenvalue weighted by Gasteiger charge is 2.15. The maximum absolute atomic E-state index is 10.4. The molecule has 0 bridgehead atoms. The predicted octanol–water partition coefficient (Wildman–Crippen LogP) is 1.54. The molecule has 0 saturated carbocycles. The number of hydrogen-bond acceptors (Lipinski definition) is 2. The normalized spacial score (nSPS) is 12.8. The van der Waals surface area contributed by atoms with Crippen LogP contribution in [0.4, 0.5) is 0 Å². The molecular formula is C7H8Cl2N2O2. The summed E-state index contributed by atoms with van der Waals surface area (Å²) in [5.74, 6) is -1.06. The van der Waals surface area contributed by atoms with Gasteiger partial charge in [-0.05, 0) is 6.92 Å². The molecule has 0 aliphatic rings. The van der Waals surface area contributed by atoms with E-state index >= 15 is 0 Å². The van der Waals surface area contributed by atoms with Crippen molar-refractivity contribution in [3.8, 4) is 0 Å². The molecule has 0 aromatic carbocycles. The molecule has 1 atom stereocenters. The lowest BCUT2D eigenvalue weighted by molar-refractivity contribution is -0.136. The van der Waals surface area contributed by atoms with E-state index < -0.39 is 11.3 Å². The summed E-state index contributed by atoms with van der Waals surface area (Å²) >= 11 is 11.2. The minimum Gasteiger partial charge on any atom is -0.480 e. The van der Waals surface area contributed by atoms with Gasteiger partial charge in [0.15, 0.2) is 5.38 Å². The summed E-state index contributed by atoms with van der Waals surface area (Å²) in [6.07, 6.45) is 1.55. The third-order valence-electron chi connectivity index (χ3n) is 1.50. The maximum Gasteiger partial charge on any atom is 0.323 e. The first-order chi connectivity index (χ1) is 6.00. The van der Waals surface area contributed by atoms with E-state index in [9.17, 15) is 4.79 Å². The third-order valence-corrected chi connectivity index (χ3v) is 2.20. The fourth-order valence-electron chi connectivity index (χ4n) is 0.829. The van der Waals surface area contributed by atoms with Crippen LogP contribution in [0.15, 0.2) is 6.20 Å². The molecule has 1 aromatic heterocycles. The molecule has 0 radical (unpaired) electrons. The summed E-state index contributed by atoms with van der Waals surface area (Å²) in [5, 5.41) is 12.0. The molecule has 0 spiro atoms. The molecule has 0 amide bonds. The first-order valence-corrected chi connectivity index (χ1v) is 4.38. The molecule has 0 fully saturated rings. The van der Waals surface area contributed by atoms with Crippen LogP contribution in [0.1, 0.15) is 5.69 Å². The molecular weight excluding hydrogens is 215 g/mol. The van der Waals surface area contributed by atoms with E-state index in [1.165, 1.54) is 4.68 Å². The standard InChI is InChI=1S/C7H8Cl2N2O2/c1-4-5(8)2-11(10-4)3-6(9)7(12)13/h2,6H,3H2,1H3,(H,12,13). The summed E-state index contributed by atoms with van der Waals surface area (Å²) in [5.41, 5.74) is 0.663. The third kappa shape index (κ3) is 2.60. The van der Waals surface area contributed by atoms with Gasteiger partial charge >= 0.3 is 5.97 Å². The van der Waals surface area contributed by atoms with E-state index in [0.29, 0.717) is 10.7 Å². The van der Waals surface area contributed by atoms with E-state index in [1.807, 2.05) is 0 Å². The van der Waals surface area contributed by atoms with Crippen LogP contribution in [-0.2, 0) is 11.3 Å². The first kappa shape index (κ1) is 10.3. The maximum atomic E-state index is 10.4. The number of aromatic nitrogens is 2. The summed E-state index contributed by atoms with van der Waals surface area (Å²) in [4.78, 5) is 10.4. The highest BCUT2D eigenvalue weighted by atomic mass is 35.5. The van der Waals surface area contributed by atoms with Gasteiger partial charge < -0.3 is 5.11 Å². The van der Waals surface area contributed by atoms with Gasteiger partial charge in [0.1, 0.15) is 0 Å². The van der Waals surface area contributed by atoms with Crippen LogP contribution in [0.25, 0.3) is 0 Å². The van der Waals surface area contributed by atoms with Crippen molar-refractivity contribution < 1.29 is 9.90 Å². The number of carboxylic acid groups (broad SMARTS) is 1. The Morgan fingerprint density at radius 1 is 1.85 bits per heavy atom. The largest absolute Gasteiger partial charge is 0.480 e. The van der Waals surface area contributed by atoms with Gasteiger partial charge in [-0.25, -0.2) is 0 Å². The number of hydrogen-bond donors (Lipinski definition) is 1. The molecule has 0 saturated heterocycles. The van der Waals surface area contributed by atoms with Gasteiger partial charge in [0.25, 0.3) is 0 Å². The molecule has 1 unspecified atom stereocenters. The van der Waals surface area contributed by atoms with Crippen molar-refractivity contribution in [2.45, 2.75) is 18.8 Å². The van der Waals surface area contributed by atoms with Crippen molar-refractivity contribution in [3.63, 3.8) is 0 Å². The number of rotatable bonds is 3. The Morgan fingerprint density at radius 2 is 2.46 bits per heavy atom. The summed E-state index contributed by atoms with van der Waals surface area (Å²) in [7, 11) is 0. The number of halogens is 2. The van der Waals surface area contributed by atoms with Gasteiger partial charge in [-0.15, -0.1) is 11.6 Å². The van der Waals surface area contributed by atoms with Crippen molar-refractivity contribution >= 4 is 29.2 Å². The van der Waals surface area contributed by atoms with Gasteiger partial charge in [-0.2, -0.15) is 5.10 Å². The van der Waals surface area contributed by atoms with Gasteiger partial charge in [0.05, 0.1) is 17.3 Å². The predicted molar refractivity (Wildman–Crippen MR) is 49.3 cm³/mol. The minimum absolute atomic E-state index is 0.116. The molecule has 1 aromatic rings. The van der Waals surface area contributed by atoms with E-state index in [1.54, 1.807) is 13.1 Å². The second-order valence-electron chi connectivity index (χ2n) is 2.59. The van der Waals surface area contributed by atoms with E-state index in [0.717, 1.165) is 0 Å². The Kier molecular flexibility index (Phi) is 3.17. The number of alkyl halides is 1. The van der Waals surface area contributed by atoms with Crippen LogP contribution in [0.5, 0.6) is 0 Å². The Hall–Kier alpha value is -0.740. The zero-order chi connectivity index (χ0) is 10.0. The number of carboxylic acids is 1. The fraction of sp³-hybridized carbons (Fsp3) is 0.429. The summed E-state index contributed by atoms with van der Waals surface area (Å²) in [6, 6.07) is 0. The van der Waals surface area contributed by atoms with Crippen molar-refractivity contribution in [1.82, 2.24) is 9.78 Å². The number of aryl methyl sites for hydroxylation is 1. The Labute approximate surface area is 85.1 Å². The smallest absolute Gasteiger partial charge is 0.323 e. The zero-order valence-corrected chi connectivity index (χ0v) is 8.38. The quantitative estimate of drug-likeness (QED) is 0.790. The molecule has 13 heavy (non-hydrogen) atoms. The van der Waals surface area contributed by atoms with Crippen LogP contribution >= 0.6 is 23.2 Å². The van der Waals surface area contributed by atoms with E-state index in [4.69, 9.17) is 28.3 Å². The molecule has 0 aliphatic carbocycles. The number of nitrogens with zero attached hydrogens (tertiary/aromatic N) is 2. The monoisotopic (exact) mass is 222 g/mol. The second kappa shape index (κ2) is 3.98. The van der Waals surface area contributed by atoms with Crippen molar-refractivity contribution in [2.24, 2.45) is 0 Å². The molecule has 1 N–H and O–H groups in total. The Morgan fingerprint density at radius 3 is 2.85 bits per heavy atom. The van der Waals surface area contributed by atoms with Crippen LogP contribution in [0.3, 0.4) is 0 Å². The Bertz CT molecular complexity index is 305. The van der Waals surface area contributed by atoms with Gasteiger partial charge in [-0.3, -0.25) is 9.48 Å². The van der Waals surface area contributed by atoms with Crippen LogP contribution in [0, 0.1) is 6.92 Å². The fourth-order valence-corrected chi connectivity index (χ4v) is 1.12. The molecule has 1 heterocycles. The topological polar surface area (TPSA) is 55.1 Å².